The molecule has 1 atom stereocenters. The summed E-state index contributed by atoms with van der Waals surface area (Å²) in [6.45, 7) is 3.50. The van der Waals surface area contributed by atoms with Crippen LogP contribution in [0.25, 0.3) is 0 Å². The van der Waals surface area contributed by atoms with Crippen LogP contribution < -0.4 is 10.6 Å². The van der Waals surface area contributed by atoms with E-state index in [1.54, 1.807) is 18.8 Å². The van der Waals surface area contributed by atoms with E-state index in [1.165, 1.54) is 20.9 Å². The van der Waals surface area contributed by atoms with Gasteiger partial charge in [0.25, 0.3) is 0 Å². The van der Waals surface area contributed by atoms with Crippen LogP contribution >= 0.6 is 11.8 Å². The molecule has 1 aliphatic rings. The van der Waals surface area contributed by atoms with E-state index in [-0.39, 0.29) is 5.92 Å². The van der Waals surface area contributed by atoms with Gasteiger partial charge < -0.3 is 10.6 Å². The summed E-state index contributed by atoms with van der Waals surface area (Å²) in [4.78, 5) is 6.91. The Kier molecular flexibility index (Phi) is 7.64. The molecule has 1 aromatic rings. The van der Waals surface area contributed by atoms with Gasteiger partial charge in [-0.25, -0.2) is 0 Å². The molecule has 0 saturated carbocycles. The molecular weight excluding hydrogens is 361 g/mol. The largest absolute Gasteiger partial charge is 0.401 e. The van der Waals surface area contributed by atoms with Crippen LogP contribution in [0.5, 0.6) is 0 Å². The second-order valence-corrected chi connectivity index (χ2v) is 7.48. The van der Waals surface area contributed by atoms with Gasteiger partial charge in [0.2, 0.25) is 0 Å². The number of benzene rings is 1. The first-order valence-corrected chi connectivity index (χ1v) is 9.90. The van der Waals surface area contributed by atoms with Crippen LogP contribution in [-0.4, -0.2) is 56.5 Å². The Bertz CT molecular complexity index is 619. The zero-order valence-electron chi connectivity index (χ0n) is 15.5. The standard InChI is InChI=1S/C18H27F3N4S/c1-13-4-5-15(16(8-13)26-3)10-24-17(22-2)23-9-14-6-7-25(11-14)12-18(19,20)21/h4-5,8,14H,6-7,9-12H2,1-3H3,(H2,22,23,24). The quantitative estimate of drug-likeness (QED) is 0.446. The molecule has 0 amide bonds. The zero-order valence-corrected chi connectivity index (χ0v) is 16.3. The van der Waals surface area contributed by atoms with Gasteiger partial charge >= 0.3 is 6.18 Å². The molecule has 146 valence electrons. The molecule has 4 nitrogen and oxygen atoms in total. The Morgan fingerprint density at radius 2 is 2.12 bits per heavy atom. The maximum Gasteiger partial charge on any atom is 0.401 e. The highest BCUT2D eigenvalue weighted by molar-refractivity contribution is 7.98. The molecule has 0 aliphatic carbocycles. The monoisotopic (exact) mass is 388 g/mol. The third-order valence-electron chi connectivity index (χ3n) is 4.44. The highest BCUT2D eigenvalue weighted by Crippen LogP contribution is 2.23. The lowest BCUT2D eigenvalue weighted by Crippen LogP contribution is -2.40. The van der Waals surface area contributed by atoms with Crippen molar-refractivity contribution in [2.24, 2.45) is 10.9 Å². The summed E-state index contributed by atoms with van der Waals surface area (Å²) >= 11 is 1.71. The topological polar surface area (TPSA) is 39.7 Å². The van der Waals surface area contributed by atoms with Gasteiger partial charge in [-0.1, -0.05) is 12.1 Å². The van der Waals surface area contributed by atoms with E-state index in [0.717, 1.165) is 6.42 Å². The van der Waals surface area contributed by atoms with Gasteiger partial charge in [0.1, 0.15) is 0 Å². The lowest BCUT2D eigenvalue weighted by molar-refractivity contribution is -0.143. The number of aliphatic imine (C=N–C) groups is 1. The fourth-order valence-corrected chi connectivity index (χ4v) is 3.82. The molecule has 1 saturated heterocycles. The number of hydrogen-bond acceptors (Lipinski definition) is 3. The lowest BCUT2D eigenvalue weighted by Gasteiger charge is -2.19. The molecule has 26 heavy (non-hydrogen) atoms. The van der Waals surface area contributed by atoms with Crippen molar-refractivity contribution in [1.29, 1.82) is 0 Å². The summed E-state index contributed by atoms with van der Waals surface area (Å²) < 4.78 is 37.4. The van der Waals surface area contributed by atoms with E-state index in [9.17, 15) is 13.2 Å². The molecule has 0 radical (unpaired) electrons. The molecule has 1 heterocycles. The molecule has 0 bridgehead atoms. The van der Waals surface area contributed by atoms with Crippen molar-refractivity contribution in [2.75, 3.05) is 39.5 Å². The number of likely N-dealkylation sites (tertiary alicyclic amines) is 1. The molecule has 1 fully saturated rings. The van der Waals surface area contributed by atoms with Crippen molar-refractivity contribution in [3.8, 4) is 0 Å². The highest BCUT2D eigenvalue weighted by atomic mass is 32.2. The number of nitrogens with one attached hydrogen (secondary N) is 2. The summed E-state index contributed by atoms with van der Waals surface area (Å²) in [6.07, 6.45) is -1.30. The van der Waals surface area contributed by atoms with Crippen molar-refractivity contribution in [3.63, 3.8) is 0 Å². The van der Waals surface area contributed by atoms with Gasteiger partial charge in [-0.2, -0.15) is 13.2 Å². The first-order valence-electron chi connectivity index (χ1n) is 8.68. The summed E-state index contributed by atoms with van der Waals surface area (Å²) in [5.41, 5.74) is 2.42. The number of guanidine groups is 1. The van der Waals surface area contributed by atoms with E-state index in [1.807, 2.05) is 0 Å². The molecular formula is C18H27F3N4S. The van der Waals surface area contributed by atoms with Gasteiger partial charge in [-0.15, -0.1) is 11.8 Å². The van der Waals surface area contributed by atoms with Crippen LogP contribution in [-0.2, 0) is 6.54 Å². The third-order valence-corrected chi connectivity index (χ3v) is 5.26. The van der Waals surface area contributed by atoms with Gasteiger partial charge in [-0.3, -0.25) is 9.89 Å². The van der Waals surface area contributed by atoms with Gasteiger partial charge in [-0.05, 0) is 49.3 Å². The van der Waals surface area contributed by atoms with Crippen molar-refractivity contribution in [3.05, 3.63) is 29.3 Å². The number of thioether (sulfide) groups is 1. The SMILES string of the molecule is CN=C(NCc1ccc(C)cc1SC)NCC1CCN(CC(F)(F)F)C1. The predicted octanol–water partition coefficient (Wildman–Crippen LogP) is 3.27. The Morgan fingerprint density at radius 1 is 1.35 bits per heavy atom. The summed E-state index contributed by atoms with van der Waals surface area (Å²) in [5.74, 6) is 0.879. The summed E-state index contributed by atoms with van der Waals surface area (Å²) in [5, 5.41) is 6.52. The smallest absolute Gasteiger partial charge is 0.356 e. The average molecular weight is 389 g/mol. The second kappa shape index (κ2) is 9.50. The molecule has 1 aromatic carbocycles. The number of hydrogen-bond donors (Lipinski definition) is 2. The van der Waals surface area contributed by atoms with E-state index < -0.39 is 12.7 Å². The second-order valence-electron chi connectivity index (χ2n) is 6.63. The van der Waals surface area contributed by atoms with E-state index in [4.69, 9.17) is 0 Å². The first-order chi connectivity index (χ1) is 12.3. The van der Waals surface area contributed by atoms with Crippen molar-refractivity contribution in [1.82, 2.24) is 15.5 Å². The fourth-order valence-electron chi connectivity index (χ4n) is 3.12. The molecule has 1 unspecified atom stereocenters. The average Bonchev–Trinajstić information content (AvgIpc) is 3.01. The molecule has 2 rings (SSSR count). The number of nitrogens with zero attached hydrogens (tertiary/aromatic N) is 2. The molecule has 1 aliphatic heterocycles. The predicted molar refractivity (Wildman–Crippen MR) is 102 cm³/mol. The minimum absolute atomic E-state index is 0.206. The van der Waals surface area contributed by atoms with E-state index in [2.05, 4.69) is 47.0 Å². The van der Waals surface area contributed by atoms with E-state index >= 15 is 0 Å². The normalized spacial score (nSPS) is 19.0. The maximum absolute atomic E-state index is 12.5. The highest BCUT2D eigenvalue weighted by Gasteiger charge is 2.34. The van der Waals surface area contributed by atoms with Crippen molar-refractivity contribution in [2.45, 2.75) is 31.0 Å². The number of aryl methyl sites for hydroxylation is 1. The van der Waals surface area contributed by atoms with Crippen LogP contribution in [0.4, 0.5) is 13.2 Å². The summed E-state index contributed by atoms with van der Waals surface area (Å²) in [7, 11) is 1.70. The Labute approximate surface area is 157 Å². The number of alkyl halides is 3. The van der Waals surface area contributed by atoms with Crippen LogP contribution in [0.15, 0.2) is 28.1 Å². The molecule has 8 heteroatoms. The van der Waals surface area contributed by atoms with Crippen LogP contribution in [0.2, 0.25) is 0 Å². The lowest BCUT2D eigenvalue weighted by atomic mass is 10.1. The Balaban J connectivity index is 1.78. The number of rotatable bonds is 6. The van der Waals surface area contributed by atoms with Crippen molar-refractivity contribution < 1.29 is 13.2 Å². The van der Waals surface area contributed by atoms with Gasteiger partial charge in [0.15, 0.2) is 5.96 Å². The van der Waals surface area contributed by atoms with Crippen molar-refractivity contribution >= 4 is 17.7 Å². The van der Waals surface area contributed by atoms with Crippen LogP contribution in [0.3, 0.4) is 0 Å². The van der Waals surface area contributed by atoms with Gasteiger partial charge in [0, 0.05) is 31.6 Å². The van der Waals surface area contributed by atoms with Gasteiger partial charge in [0.05, 0.1) is 6.54 Å². The van der Waals surface area contributed by atoms with E-state index in [0.29, 0.717) is 32.1 Å². The fraction of sp³-hybridized carbons (Fsp3) is 0.611. The maximum atomic E-state index is 12.5. The Hall–Kier alpha value is -1.41. The first kappa shape index (κ1) is 20.9. The molecule has 0 aromatic heterocycles. The van der Waals surface area contributed by atoms with Crippen LogP contribution in [0.1, 0.15) is 17.5 Å². The minimum atomic E-state index is -4.12. The zero-order chi connectivity index (χ0) is 19.2. The third kappa shape index (κ3) is 6.72. The Morgan fingerprint density at radius 3 is 2.77 bits per heavy atom. The van der Waals surface area contributed by atoms with Crippen LogP contribution in [0, 0.1) is 12.8 Å². The molecule has 2 N–H and O–H groups in total. The summed E-state index contributed by atoms with van der Waals surface area (Å²) in [6, 6.07) is 6.35. The number of halogens is 3. The minimum Gasteiger partial charge on any atom is -0.356 e. The molecule has 0 spiro atoms.